The second-order valence-electron chi connectivity index (χ2n) is 1.53. The first-order chi connectivity index (χ1) is 5.70. The van der Waals surface area contributed by atoms with Gasteiger partial charge in [0, 0.05) is 21.6 Å². The highest BCUT2D eigenvalue weighted by Gasteiger charge is 2.06. The molecule has 0 bridgehead atoms. The molecular weight excluding hydrogens is 216 g/mol. The Morgan fingerprint density at radius 2 is 1.83 bits per heavy atom. The predicted molar refractivity (Wildman–Crippen MR) is 56.4 cm³/mol. The van der Waals surface area contributed by atoms with Gasteiger partial charge in [-0.05, 0) is 26.1 Å². The van der Waals surface area contributed by atoms with Gasteiger partial charge in [-0.2, -0.15) is 0 Å². The van der Waals surface area contributed by atoms with E-state index < -0.39 is 0 Å². The summed E-state index contributed by atoms with van der Waals surface area (Å²) in [5.41, 5.74) is 0. The van der Waals surface area contributed by atoms with Crippen LogP contribution in [0.4, 0.5) is 4.79 Å². The fourth-order valence-corrected chi connectivity index (χ4v) is 1.94. The maximum absolute atomic E-state index is 10.8. The molecule has 0 rings (SSSR count). The molecule has 0 unspecified atom stereocenters. The van der Waals surface area contributed by atoms with Crippen LogP contribution in [0.15, 0.2) is 0 Å². The number of thiocarbonyl (C=S) groups is 1. The summed E-state index contributed by atoms with van der Waals surface area (Å²) in [7, 11) is 2.04. The zero-order valence-electron chi connectivity index (χ0n) is 6.86. The lowest BCUT2D eigenvalue weighted by atomic mass is 10.9. The molecule has 0 aliphatic rings. The first-order valence-electron chi connectivity index (χ1n) is 3.38. The van der Waals surface area contributed by atoms with E-state index >= 15 is 0 Å². The lowest BCUT2D eigenvalue weighted by Gasteiger charge is -2.02. The molecule has 0 radical (unpaired) electrons. The fraction of sp³-hybridized carbons (Fsp3) is 0.667. The highest BCUT2D eigenvalue weighted by Crippen LogP contribution is 2.25. The van der Waals surface area contributed by atoms with E-state index in [-0.39, 0.29) is 5.30 Å². The first-order valence-corrected chi connectivity index (χ1v) is 5.94. The minimum Gasteiger partial charge on any atom is -0.478 e. The van der Waals surface area contributed by atoms with E-state index in [1.54, 1.807) is 6.92 Å². The Bertz CT molecular complexity index is 142. The Morgan fingerprint density at radius 3 is 2.33 bits per heavy atom. The Balaban J connectivity index is 3.40. The number of hydrogen-bond acceptors (Lipinski definition) is 6. The monoisotopic (exact) mass is 226 g/mol. The highest BCUT2D eigenvalue weighted by atomic mass is 33.1. The normalized spacial score (nSPS) is 9.17. The minimum atomic E-state index is -0.343. The third kappa shape index (κ3) is 6.75. The van der Waals surface area contributed by atoms with Gasteiger partial charge in [-0.15, -0.1) is 0 Å². The van der Waals surface area contributed by atoms with Crippen LogP contribution >= 0.6 is 33.8 Å². The number of ether oxygens (including phenoxy) is 2. The quantitative estimate of drug-likeness (QED) is 0.409. The van der Waals surface area contributed by atoms with Gasteiger partial charge in [-0.3, -0.25) is 0 Å². The molecule has 0 fully saturated rings. The van der Waals surface area contributed by atoms with E-state index in [0.717, 1.165) is 21.6 Å². The van der Waals surface area contributed by atoms with E-state index in [4.69, 9.17) is 17.0 Å². The largest absolute Gasteiger partial charge is 0.478 e. The van der Waals surface area contributed by atoms with Crippen molar-refractivity contribution in [3.8, 4) is 0 Å². The molecular formula is C6H10O3S3. The van der Waals surface area contributed by atoms with Crippen LogP contribution in [0.1, 0.15) is 13.8 Å². The van der Waals surface area contributed by atoms with E-state index in [1.807, 2.05) is 6.92 Å². The van der Waals surface area contributed by atoms with Crippen molar-refractivity contribution in [2.45, 2.75) is 13.8 Å². The van der Waals surface area contributed by atoms with Crippen molar-refractivity contribution in [3.05, 3.63) is 0 Å². The molecule has 6 heteroatoms. The molecule has 0 atom stereocenters. The molecule has 0 aromatic heterocycles. The number of carbonyl (C=O) groups is 1. The van der Waals surface area contributed by atoms with Gasteiger partial charge >= 0.3 is 5.30 Å². The summed E-state index contributed by atoms with van der Waals surface area (Å²) in [6.45, 7) is 4.49. The Morgan fingerprint density at radius 1 is 1.25 bits per heavy atom. The van der Waals surface area contributed by atoms with Crippen LogP contribution in [0.3, 0.4) is 0 Å². The third-order valence-corrected chi connectivity index (χ3v) is 3.09. The van der Waals surface area contributed by atoms with Crippen LogP contribution in [0.25, 0.3) is 0 Å². The molecule has 0 N–H and O–H groups in total. The van der Waals surface area contributed by atoms with Crippen molar-refractivity contribution in [1.29, 1.82) is 0 Å². The van der Waals surface area contributed by atoms with Gasteiger partial charge in [0.2, 0.25) is 4.38 Å². The fourth-order valence-electron chi connectivity index (χ4n) is 0.352. The van der Waals surface area contributed by atoms with E-state index in [2.05, 4.69) is 4.74 Å². The number of hydrogen-bond donors (Lipinski definition) is 0. The molecule has 0 aliphatic carbocycles. The van der Waals surface area contributed by atoms with Crippen molar-refractivity contribution in [1.82, 2.24) is 0 Å². The molecule has 0 aromatic rings. The van der Waals surface area contributed by atoms with E-state index in [9.17, 15) is 4.79 Å². The van der Waals surface area contributed by atoms with Crippen LogP contribution in [0, 0.1) is 0 Å². The summed E-state index contributed by atoms with van der Waals surface area (Å²) in [6.07, 6.45) is 0. The average molecular weight is 226 g/mol. The second-order valence-corrected chi connectivity index (χ2v) is 4.20. The molecule has 12 heavy (non-hydrogen) atoms. The SMILES string of the molecule is CCOC(=O)SSC(=S)OCC. The minimum absolute atomic E-state index is 0.343. The van der Waals surface area contributed by atoms with Crippen molar-refractivity contribution in [3.63, 3.8) is 0 Å². The molecule has 0 saturated carbocycles. The Kier molecular flexibility index (Phi) is 7.73. The lowest BCUT2D eigenvalue weighted by Crippen LogP contribution is -1.97. The van der Waals surface area contributed by atoms with Gasteiger partial charge < -0.3 is 9.47 Å². The average Bonchev–Trinajstić information content (AvgIpc) is 2.02. The van der Waals surface area contributed by atoms with Crippen molar-refractivity contribution in [2.24, 2.45) is 0 Å². The lowest BCUT2D eigenvalue weighted by molar-refractivity contribution is 0.182. The summed E-state index contributed by atoms with van der Waals surface area (Å²) in [5.74, 6) is 0. The molecule has 0 aromatic carbocycles. The molecule has 0 amide bonds. The summed E-state index contributed by atoms with van der Waals surface area (Å²) >= 11 is 4.77. The summed E-state index contributed by atoms with van der Waals surface area (Å²) in [4.78, 5) is 10.8. The van der Waals surface area contributed by atoms with Gasteiger partial charge in [0.25, 0.3) is 0 Å². The second kappa shape index (κ2) is 7.70. The van der Waals surface area contributed by atoms with Gasteiger partial charge in [0.1, 0.15) is 0 Å². The third-order valence-electron chi connectivity index (χ3n) is 0.702. The Hall–Kier alpha value is 0.0600. The number of carbonyl (C=O) groups excluding carboxylic acids is 1. The van der Waals surface area contributed by atoms with Crippen LogP contribution in [0.5, 0.6) is 0 Å². The van der Waals surface area contributed by atoms with Crippen molar-refractivity contribution < 1.29 is 14.3 Å². The molecule has 0 spiro atoms. The van der Waals surface area contributed by atoms with Gasteiger partial charge in [-0.25, -0.2) is 4.79 Å². The number of rotatable bonds is 2. The highest BCUT2D eigenvalue weighted by molar-refractivity contribution is 8.88. The molecule has 0 aliphatic heterocycles. The maximum atomic E-state index is 10.8. The zero-order chi connectivity index (χ0) is 9.40. The first kappa shape index (κ1) is 12.1. The predicted octanol–water partition coefficient (Wildman–Crippen LogP) is 2.85. The summed E-state index contributed by atoms with van der Waals surface area (Å²) < 4.78 is 9.95. The smallest absolute Gasteiger partial charge is 0.378 e. The van der Waals surface area contributed by atoms with Crippen molar-refractivity contribution >= 4 is 43.5 Å². The summed E-state index contributed by atoms with van der Waals surface area (Å²) in [5, 5.41) is -0.343. The summed E-state index contributed by atoms with van der Waals surface area (Å²) in [6, 6.07) is 0. The van der Waals surface area contributed by atoms with Gasteiger partial charge in [0.15, 0.2) is 0 Å². The van der Waals surface area contributed by atoms with Crippen molar-refractivity contribution in [2.75, 3.05) is 13.2 Å². The van der Waals surface area contributed by atoms with Crippen LogP contribution in [-0.2, 0) is 9.47 Å². The Labute approximate surface area is 85.0 Å². The molecule has 0 heterocycles. The molecule has 3 nitrogen and oxygen atoms in total. The van der Waals surface area contributed by atoms with Crippen LogP contribution < -0.4 is 0 Å². The zero-order valence-corrected chi connectivity index (χ0v) is 9.31. The van der Waals surface area contributed by atoms with Crippen LogP contribution in [-0.4, -0.2) is 22.9 Å². The van der Waals surface area contributed by atoms with E-state index in [0.29, 0.717) is 17.6 Å². The van der Waals surface area contributed by atoms with Gasteiger partial charge in [-0.1, -0.05) is 0 Å². The standard InChI is InChI=1S/C6H10O3S3/c1-3-8-5(7)11-12-6(10)9-4-2/h3-4H2,1-2H3. The topological polar surface area (TPSA) is 35.5 Å². The van der Waals surface area contributed by atoms with Crippen LogP contribution in [0.2, 0.25) is 0 Å². The maximum Gasteiger partial charge on any atom is 0.378 e. The molecule has 70 valence electrons. The molecule has 0 saturated heterocycles. The van der Waals surface area contributed by atoms with Gasteiger partial charge in [0.05, 0.1) is 13.2 Å². The van der Waals surface area contributed by atoms with E-state index in [1.165, 1.54) is 0 Å².